The fraction of sp³-hybridized carbons (Fsp3) is 0.533. The third-order valence-corrected chi connectivity index (χ3v) is 4.21. The van der Waals surface area contributed by atoms with Gasteiger partial charge in [0.25, 0.3) is 5.91 Å². The number of phenols is 1. The molecule has 0 spiro atoms. The molecule has 4 nitrogen and oxygen atoms in total. The van der Waals surface area contributed by atoms with E-state index in [1.165, 1.54) is 37.8 Å². The van der Waals surface area contributed by atoms with Crippen LogP contribution < -0.4 is 5.32 Å². The van der Waals surface area contributed by atoms with Gasteiger partial charge in [-0.05, 0) is 38.1 Å². The Morgan fingerprint density at radius 1 is 1.45 bits per heavy atom. The van der Waals surface area contributed by atoms with Gasteiger partial charge in [0.05, 0.1) is 5.02 Å². The van der Waals surface area contributed by atoms with Crippen LogP contribution in [0, 0.1) is 0 Å². The molecule has 2 N–H and O–H groups in total. The third kappa shape index (κ3) is 3.87. The summed E-state index contributed by atoms with van der Waals surface area (Å²) in [7, 11) is 2.11. The summed E-state index contributed by atoms with van der Waals surface area (Å²) in [5, 5.41) is 12.4. The van der Waals surface area contributed by atoms with Crippen molar-refractivity contribution in [3.05, 3.63) is 28.8 Å². The van der Waals surface area contributed by atoms with E-state index in [-0.39, 0.29) is 16.7 Å². The lowest BCUT2D eigenvalue weighted by Crippen LogP contribution is -2.37. The van der Waals surface area contributed by atoms with Crippen molar-refractivity contribution in [1.29, 1.82) is 0 Å². The van der Waals surface area contributed by atoms with Gasteiger partial charge in [-0.3, -0.25) is 4.79 Å². The second-order valence-electron chi connectivity index (χ2n) is 5.34. The van der Waals surface area contributed by atoms with Crippen molar-refractivity contribution in [2.24, 2.45) is 0 Å². The summed E-state index contributed by atoms with van der Waals surface area (Å²) >= 11 is 5.79. The summed E-state index contributed by atoms with van der Waals surface area (Å²) in [6.07, 6.45) is 5.15. The van der Waals surface area contributed by atoms with Crippen molar-refractivity contribution in [3.63, 3.8) is 0 Å². The van der Waals surface area contributed by atoms with Gasteiger partial charge in [-0.25, -0.2) is 0 Å². The average Bonchev–Trinajstić information content (AvgIpc) is 2.95. The predicted octanol–water partition coefficient (Wildman–Crippen LogP) is 2.65. The van der Waals surface area contributed by atoms with Gasteiger partial charge in [-0.2, -0.15) is 0 Å². The first-order valence-corrected chi connectivity index (χ1v) is 7.42. The molecular formula is C15H21ClN2O2. The molecule has 20 heavy (non-hydrogen) atoms. The minimum absolute atomic E-state index is 0.0100. The maximum Gasteiger partial charge on any atom is 0.251 e. The molecule has 0 aromatic heterocycles. The summed E-state index contributed by atoms with van der Waals surface area (Å²) in [6.45, 7) is 1.46. The largest absolute Gasteiger partial charge is 0.506 e. The summed E-state index contributed by atoms with van der Waals surface area (Å²) in [5.74, 6) is -0.170. The van der Waals surface area contributed by atoms with E-state index in [1.807, 2.05) is 0 Å². The van der Waals surface area contributed by atoms with E-state index in [4.69, 9.17) is 11.6 Å². The van der Waals surface area contributed by atoms with Gasteiger partial charge in [0.1, 0.15) is 5.75 Å². The number of carbonyl (C=O) groups excluding carboxylic acids is 1. The summed E-state index contributed by atoms with van der Waals surface area (Å²) in [4.78, 5) is 14.3. The Morgan fingerprint density at radius 2 is 2.15 bits per heavy atom. The number of amides is 1. The van der Waals surface area contributed by atoms with Crippen LogP contribution in [-0.2, 0) is 0 Å². The molecule has 1 aromatic carbocycles. The maximum absolute atomic E-state index is 11.9. The number of nitrogens with zero attached hydrogens (tertiary/aromatic N) is 1. The second-order valence-corrected chi connectivity index (χ2v) is 5.75. The van der Waals surface area contributed by atoms with Crippen LogP contribution >= 0.6 is 11.6 Å². The summed E-state index contributed by atoms with van der Waals surface area (Å²) in [6, 6.07) is 5.14. The minimum Gasteiger partial charge on any atom is -0.506 e. The SMILES string of the molecule is CN(CCNC(=O)c1ccc(O)c(Cl)c1)C1CCCC1. The van der Waals surface area contributed by atoms with Crippen LogP contribution in [0.4, 0.5) is 0 Å². The third-order valence-electron chi connectivity index (χ3n) is 3.91. The van der Waals surface area contributed by atoms with Crippen LogP contribution in [0.3, 0.4) is 0 Å². The van der Waals surface area contributed by atoms with Gasteiger partial charge in [0, 0.05) is 24.7 Å². The maximum atomic E-state index is 11.9. The van der Waals surface area contributed by atoms with Gasteiger partial charge in [-0.1, -0.05) is 24.4 Å². The standard InChI is InChI=1S/C15H21ClN2O2/c1-18(12-4-2-3-5-12)9-8-17-15(20)11-6-7-14(19)13(16)10-11/h6-7,10,12,19H,2-5,8-9H2,1H3,(H,17,20). The number of carbonyl (C=O) groups is 1. The molecule has 1 aliphatic rings. The number of aromatic hydroxyl groups is 1. The van der Waals surface area contributed by atoms with Crippen molar-refractivity contribution in [1.82, 2.24) is 10.2 Å². The van der Waals surface area contributed by atoms with Crippen LogP contribution in [0.5, 0.6) is 5.75 Å². The quantitative estimate of drug-likeness (QED) is 0.878. The fourth-order valence-corrected chi connectivity index (χ4v) is 2.80. The van der Waals surface area contributed by atoms with Crippen LogP contribution in [0.15, 0.2) is 18.2 Å². The molecule has 0 unspecified atom stereocenters. The highest BCUT2D eigenvalue weighted by atomic mass is 35.5. The molecule has 0 bridgehead atoms. The molecule has 5 heteroatoms. The number of halogens is 1. The van der Waals surface area contributed by atoms with E-state index in [0.717, 1.165) is 6.54 Å². The number of nitrogens with one attached hydrogen (secondary N) is 1. The zero-order chi connectivity index (χ0) is 14.5. The molecule has 0 atom stereocenters. The van der Waals surface area contributed by atoms with Crippen LogP contribution in [0.1, 0.15) is 36.0 Å². The molecular weight excluding hydrogens is 276 g/mol. The molecule has 0 heterocycles. The number of hydrogen-bond acceptors (Lipinski definition) is 3. The highest BCUT2D eigenvalue weighted by Gasteiger charge is 2.19. The number of rotatable bonds is 5. The Hall–Kier alpha value is -1.26. The van der Waals surface area contributed by atoms with Crippen molar-refractivity contribution in [3.8, 4) is 5.75 Å². The number of benzene rings is 1. The smallest absolute Gasteiger partial charge is 0.251 e. The molecule has 1 saturated carbocycles. The van der Waals surface area contributed by atoms with E-state index in [0.29, 0.717) is 18.2 Å². The highest BCUT2D eigenvalue weighted by molar-refractivity contribution is 6.32. The molecule has 0 saturated heterocycles. The lowest BCUT2D eigenvalue weighted by atomic mass is 10.2. The van der Waals surface area contributed by atoms with E-state index in [1.54, 1.807) is 6.07 Å². The Balaban J connectivity index is 1.78. The lowest BCUT2D eigenvalue weighted by Gasteiger charge is -2.23. The van der Waals surface area contributed by atoms with Gasteiger partial charge >= 0.3 is 0 Å². The van der Waals surface area contributed by atoms with Gasteiger partial charge in [0.2, 0.25) is 0 Å². The first-order valence-electron chi connectivity index (χ1n) is 7.05. The molecule has 1 aliphatic carbocycles. The molecule has 110 valence electrons. The second kappa shape index (κ2) is 6.95. The highest BCUT2D eigenvalue weighted by Crippen LogP contribution is 2.23. The Bertz CT molecular complexity index is 473. The Kier molecular flexibility index (Phi) is 5.26. The number of phenolic OH excluding ortho intramolecular Hbond substituents is 1. The van der Waals surface area contributed by atoms with E-state index in [9.17, 15) is 9.90 Å². The Morgan fingerprint density at radius 3 is 2.80 bits per heavy atom. The van der Waals surface area contributed by atoms with Crippen LogP contribution in [-0.4, -0.2) is 42.1 Å². The lowest BCUT2D eigenvalue weighted by molar-refractivity contribution is 0.0947. The minimum atomic E-state index is -0.160. The Labute approximate surface area is 124 Å². The van der Waals surface area contributed by atoms with Gasteiger partial charge < -0.3 is 15.3 Å². The molecule has 0 radical (unpaired) electrons. The number of likely N-dealkylation sites (N-methyl/N-ethyl adjacent to an activating group) is 1. The number of hydrogen-bond donors (Lipinski definition) is 2. The summed E-state index contributed by atoms with van der Waals surface area (Å²) in [5.41, 5.74) is 0.469. The first kappa shape index (κ1) is 15.1. The van der Waals surface area contributed by atoms with Gasteiger partial charge in [0.15, 0.2) is 0 Å². The van der Waals surface area contributed by atoms with Crippen LogP contribution in [0.25, 0.3) is 0 Å². The zero-order valence-corrected chi connectivity index (χ0v) is 12.5. The van der Waals surface area contributed by atoms with Crippen molar-refractivity contribution in [2.45, 2.75) is 31.7 Å². The first-order chi connectivity index (χ1) is 9.58. The average molecular weight is 297 g/mol. The monoisotopic (exact) mass is 296 g/mol. The predicted molar refractivity (Wildman–Crippen MR) is 80.3 cm³/mol. The molecule has 0 aliphatic heterocycles. The molecule has 2 rings (SSSR count). The normalized spacial score (nSPS) is 15.8. The van der Waals surface area contributed by atoms with Crippen LogP contribution in [0.2, 0.25) is 5.02 Å². The summed E-state index contributed by atoms with van der Waals surface area (Å²) < 4.78 is 0. The van der Waals surface area contributed by atoms with E-state index >= 15 is 0 Å². The molecule has 1 aromatic rings. The zero-order valence-electron chi connectivity index (χ0n) is 11.7. The molecule has 1 fully saturated rings. The molecule has 1 amide bonds. The van der Waals surface area contributed by atoms with E-state index < -0.39 is 0 Å². The topological polar surface area (TPSA) is 52.6 Å². The van der Waals surface area contributed by atoms with Gasteiger partial charge in [-0.15, -0.1) is 0 Å². The van der Waals surface area contributed by atoms with E-state index in [2.05, 4.69) is 17.3 Å². The van der Waals surface area contributed by atoms with Crippen molar-refractivity contribution >= 4 is 17.5 Å². The van der Waals surface area contributed by atoms with Crippen molar-refractivity contribution < 1.29 is 9.90 Å². The fourth-order valence-electron chi connectivity index (χ4n) is 2.62. The van der Waals surface area contributed by atoms with Crippen molar-refractivity contribution in [2.75, 3.05) is 20.1 Å².